The number of rotatable bonds is 3. The van der Waals surface area contributed by atoms with Gasteiger partial charge in [-0.3, -0.25) is 0 Å². The molecule has 4 nitrogen and oxygen atoms in total. The van der Waals surface area contributed by atoms with Crippen molar-refractivity contribution in [3.63, 3.8) is 0 Å². The normalized spacial score (nSPS) is 39.2. The number of hydrogen-bond acceptors (Lipinski definition) is 4. The average molecular weight is 241 g/mol. The van der Waals surface area contributed by atoms with Crippen molar-refractivity contribution in [3.05, 3.63) is 0 Å². The zero-order chi connectivity index (χ0) is 11.5. The topological polar surface area (TPSA) is 39.7 Å². The molecule has 0 amide bonds. The van der Waals surface area contributed by atoms with Crippen LogP contribution in [-0.4, -0.2) is 51.2 Å². The van der Waals surface area contributed by atoms with Crippen molar-refractivity contribution in [2.45, 2.75) is 43.9 Å². The molecule has 2 saturated heterocycles. The van der Waals surface area contributed by atoms with Crippen LogP contribution < -0.4 is 5.32 Å². The van der Waals surface area contributed by atoms with Crippen molar-refractivity contribution in [1.82, 2.24) is 5.32 Å². The van der Waals surface area contributed by atoms with Gasteiger partial charge < -0.3 is 19.5 Å². The summed E-state index contributed by atoms with van der Waals surface area (Å²) in [6.07, 6.45) is 5.26. The summed E-state index contributed by atoms with van der Waals surface area (Å²) in [5, 5.41) is 3.52. The van der Waals surface area contributed by atoms with Crippen LogP contribution in [0.2, 0.25) is 0 Å². The van der Waals surface area contributed by atoms with Gasteiger partial charge in [0.05, 0.1) is 25.4 Å². The van der Waals surface area contributed by atoms with Gasteiger partial charge in [-0.15, -0.1) is 0 Å². The number of fused-ring (bicyclic) bond motifs is 1. The van der Waals surface area contributed by atoms with Crippen molar-refractivity contribution in [2.24, 2.45) is 5.92 Å². The molecule has 17 heavy (non-hydrogen) atoms. The van der Waals surface area contributed by atoms with E-state index in [2.05, 4.69) is 5.32 Å². The molecule has 2 aliphatic heterocycles. The molecular weight excluding hydrogens is 218 g/mol. The Balaban J connectivity index is 1.45. The molecule has 0 spiro atoms. The second kappa shape index (κ2) is 5.65. The van der Waals surface area contributed by atoms with Crippen LogP contribution in [0.3, 0.4) is 0 Å². The summed E-state index contributed by atoms with van der Waals surface area (Å²) in [6, 6.07) is 0.531. The summed E-state index contributed by atoms with van der Waals surface area (Å²) < 4.78 is 17.3. The lowest BCUT2D eigenvalue weighted by molar-refractivity contribution is -0.0916. The van der Waals surface area contributed by atoms with E-state index in [0.717, 1.165) is 52.2 Å². The van der Waals surface area contributed by atoms with Gasteiger partial charge in [-0.05, 0) is 31.6 Å². The van der Waals surface area contributed by atoms with Crippen LogP contribution in [0, 0.1) is 5.92 Å². The highest BCUT2D eigenvalue weighted by atomic mass is 16.5. The third-order valence-electron chi connectivity index (χ3n) is 4.23. The van der Waals surface area contributed by atoms with Crippen molar-refractivity contribution >= 4 is 0 Å². The second-order valence-corrected chi connectivity index (χ2v) is 5.40. The number of morpholine rings is 1. The maximum Gasteiger partial charge on any atom is 0.0989 e. The van der Waals surface area contributed by atoms with E-state index in [4.69, 9.17) is 14.2 Å². The molecule has 1 aliphatic carbocycles. The van der Waals surface area contributed by atoms with Crippen molar-refractivity contribution in [2.75, 3.05) is 33.0 Å². The first-order valence-corrected chi connectivity index (χ1v) is 6.98. The Morgan fingerprint density at radius 1 is 1.06 bits per heavy atom. The first-order chi connectivity index (χ1) is 8.43. The zero-order valence-electron chi connectivity index (χ0n) is 10.4. The van der Waals surface area contributed by atoms with E-state index in [1.165, 1.54) is 6.42 Å². The molecule has 0 aromatic rings. The quantitative estimate of drug-likeness (QED) is 0.798. The minimum Gasteiger partial charge on any atom is -0.381 e. The van der Waals surface area contributed by atoms with Gasteiger partial charge in [0.2, 0.25) is 0 Å². The molecule has 0 aromatic carbocycles. The number of nitrogens with one attached hydrogen (secondary N) is 1. The van der Waals surface area contributed by atoms with Gasteiger partial charge in [0.1, 0.15) is 0 Å². The van der Waals surface area contributed by atoms with E-state index in [1.54, 1.807) is 0 Å². The van der Waals surface area contributed by atoms with Gasteiger partial charge in [-0.25, -0.2) is 0 Å². The molecule has 0 aromatic heterocycles. The van der Waals surface area contributed by atoms with Crippen LogP contribution in [-0.2, 0) is 14.2 Å². The van der Waals surface area contributed by atoms with Gasteiger partial charge in [0.25, 0.3) is 0 Å². The van der Waals surface area contributed by atoms with Crippen molar-refractivity contribution in [1.29, 1.82) is 0 Å². The first-order valence-electron chi connectivity index (χ1n) is 6.98. The standard InChI is InChI=1S/C13H23NO3/c1-2-12(13-11(1)14-5-8-16-13)17-9-10-3-6-15-7-4-10/h10-14H,1-9H2/t11-,12+,13+/m0/s1. The highest BCUT2D eigenvalue weighted by Crippen LogP contribution is 2.28. The molecule has 0 unspecified atom stereocenters. The second-order valence-electron chi connectivity index (χ2n) is 5.40. The molecule has 4 heteroatoms. The summed E-state index contributed by atoms with van der Waals surface area (Å²) in [6.45, 7) is 4.53. The molecule has 3 rings (SSSR count). The molecule has 0 bridgehead atoms. The fourth-order valence-electron chi connectivity index (χ4n) is 3.16. The van der Waals surface area contributed by atoms with Gasteiger partial charge >= 0.3 is 0 Å². The molecule has 1 N–H and O–H groups in total. The minimum atomic E-state index is 0.295. The van der Waals surface area contributed by atoms with Crippen molar-refractivity contribution < 1.29 is 14.2 Å². The molecule has 98 valence electrons. The lowest BCUT2D eigenvalue weighted by atomic mass is 10.0. The summed E-state index contributed by atoms with van der Waals surface area (Å²) in [7, 11) is 0. The largest absolute Gasteiger partial charge is 0.381 e. The van der Waals surface area contributed by atoms with Gasteiger partial charge in [-0.1, -0.05) is 0 Å². The van der Waals surface area contributed by atoms with Crippen LogP contribution in [0.5, 0.6) is 0 Å². The SMILES string of the molecule is C1CO[C@@H]2[C@H](CC[C@H]2OCC2CCOCC2)N1. The van der Waals surface area contributed by atoms with Gasteiger partial charge in [0.15, 0.2) is 0 Å². The van der Waals surface area contributed by atoms with E-state index in [1.807, 2.05) is 0 Å². The maximum atomic E-state index is 6.09. The summed E-state index contributed by atoms with van der Waals surface area (Å²) in [4.78, 5) is 0. The Morgan fingerprint density at radius 2 is 1.94 bits per heavy atom. The summed E-state index contributed by atoms with van der Waals surface area (Å²) >= 11 is 0. The maximum absolute atomic E-state index is 6.09. The van der Waals surface area contributed by atoms with Crippen LogP contribution in [0.15, 0.2) is 0 Å². The van der Waals surface area contributed by atoms with E-state index in [-0.39, 0.29) is 0 Å². The van der Waals surface area contributed by atoms with E-state index in [9.17, 15) is 0 Å². The van der Waals surface area contributed by atoms with E-state index in [0.29, 0.717) is 24.2 Å². The third kappa shape index (κ3) is 2.81. The fourth-order valence-corrected chi connectivity index (χ4v) is 3.16. The minimum absolute atomic E-state index is 0.295. The molecule has 0 radical (unpaired) electrons. The third-order valence-corrected chi connectivity index (χ3v) is 4.23. The highest BCUT2D eigenvalue weighted by Gasteiger charge is 2.39. The van der Waals surface area contributed by atoms with Gasteiger partial charge in [0, 0.05) is 25.8 Å². The molecule has 3 aliphatic rings. The lowest BCUT2D eigenvalue weighted by Crippen LogP contribution is -2.49. The molecule has 2 heterocycles. The molecular formula is C13H23NO3. The highest BCUT2D eigenvalue weighted by molar-refractivity contribution is 4.94. The fraction of sp³-hybridized carbons (Fsp3) is 1.00. The zero-order valence-corrected chi connectivity index (χ0v) is 10.4. The van der Waals surface area contributed by atoms with Gasteiger partial charge in [-0.2, -0.15) is 0 Å². The van der Waals surface area contributed by atoms with Crippen LogP contribution in [0.1, 0.15) is 25.7 Å². The summed E-state index contributed by atoms with van der Waals surface area (Å²) in [5.41, 5.74) is 0. The van der Waals surface area contributed by atoms with Crippen molar-refractivity contribution in [3.8, 4) is 0 Å². The van der Waals surface area contributed by atoms with Crippen LogP contribution in [0.4, 0.5) is 0 Å². The van der Waals surface area contributed by atoms with Crippen LogP contribution >= 0.6 is 0 Å². The van der Waals surface area contributed by atoms with E-state index >= 15 is 0 Å². The Hall–Kier alpha value is -0.160. The Kier molecular flexibility index (Phi) is 3.96. The smallest absolute Gasteiger partial charge is 0.0989 e. The summed E-state index contributed by atoms with van der Waals surface area (Å²) in [5.74, 6) is 0.694. The number of hydrogen-bond donors (Lipinski definition) is 1. The molecule has 3 atom stereocenters. The Morgan fingerprint density at radius 3 is 2.82 bits per heavy atom. The predicted octanol–water partition coefficient (Wildman–Crippen LogP) is 0.949. The number of ether oxygens (including phenoxy) is 3. The monoisotopic (exact) mass is 241 g/mol. The predicted molar refractivity (Wildman–Crippen MR) is 64.0 cm³/mol. The average Bonchev–Trinajstić information content (AvgIpc) is 2.81. The molecule has 1 saturated carbocycles. The van der Waals surface area contributed by atoms with Crippen LogP contribution in [0.25, 0.3) is 0 Å². The first kappa shape index (κ1) is 11.9. The Labute approximate surface area is 103 Å². The lowest BCUT2D eigenvalue weighted by Gasteiger charge is -2.31. The molecule has 3 fully saturated rings. The Bertz CT molecular complexity index is 243. The van der Waals surface area contributed by atoms with E-state index < -0.39 is 0 Å².